The highest BCUT2D eigenvalue weighted by molar-refractivity contribution is 5.68. The molecule has 2 aliphatic rings. The van der Waals surface area contributed by atoms with Gasteiger partial charge in [0.05, 0.1) is 18.3 Å². The molecule has 1 fully saturated rings. The van der Waals surface area contributed by atoms with E-state index in [2.05, 4.69) is 34.1 Å². The van der Waals surface area contributed by atoms with Crippen LogP contribution in [-0.2, 0) is 22.4 Å². The quantitative estimate of drug-likeness (QED) is 0.618. The predicted molar refractivity (Wildman–Crippen MR) is 131 cm³/mol. The average Bonchev–Trinajstić information content (AvgIpc) is 2.81. The number of benzene rings is 1. The summed E-state index contributed by atoms with van der Waals surface area (Å²) >= 11 is 0. The highest BCUT2D eigenvalue weighted by Crippen LogP contribution is 2.37. The van der Waals surface area contributed by atoms with E-state index in [0.29, 0.717) is 19.7 Å². The van der Waals surface area contributed by atoms with Crippen molar-refractivity contribution in [2.45, 2.75) is 64.3 Å². The molecule has 184 valence electrons. The van der Waals surface area contributed by atoms with Crippen LogP contribution in [0.4, 0.5) is 4.79 Å². The highest BCUT2D eigenvalue weighted by Gasteiger charge is 2.33. The first-order chi connectivity index (χ1) is 16.3. The van der Waals surface area contributed by atoms with Crippen molar-refractivity contribution in [3.63, 3.8) is 0 Å². The zero-order valence-electron chi connectivity index (χ0n) is 20.8. The number of piperidine rings is 1. The molecule has 1 saturated heterocycles. The molecule has 0 bridgehead atoms. The third-order valence-corrected chi connectivity index (χ3v) is 6.38. The standard InChI is InChI=1S/C27H37N3O4/c1-27(2,3)34-26(31)29-15-11-21(12-16-29)33-24-10-14-28-22-13-17-30(23(19-32-4)25(22)24)18-20-8-6-5-7-9-20/h5-10,14,21,23H,11-13,15-19H2,1-4H3. The molecule has 0 aliphatic carbocycles. The molecule has 1 amide bonds. The van der Waals surface area contributed by atoms with Crippen LogP contribution in [0.25, 0.3) is 0 Å². The molecule has 1 unspecified atom stereocenters. The van der Waals surface area contributed by atoms with E-state index in [1.807, 2.05) is 39.1 Å². The van der Waals surface area contributed by atoms with Crippen LogP contribution in [0.15, 0.2) is 42.6 Å². The zero-order valence-corrected chi connectivity index (χ0v) is 20.8. The van der Waals surface area contributed by atoms with Gasteiger partial charge in [0.25, 0.3) is 0 Å². The number of carbonyl (C=O) groups is 1. The van der Waals surface area contributed by atoms with Crippen molar-refractivity contribution in [3.05, 3.63) is 59.4 Å². The number of rotatable bonds is 6. The molecule has 0 N–H and O–H groups in total. The SMILES string of the molecule is COCC1c2c(OC3CCN(C(=O)OC(C)(C)C)CC3)ccnc2CCN1Cc1ccccc1. The summed E-state index contributed by atoms with van der Waals surface area (Å²) in [6, 6.07) is 12.6. The van der Waals surface area contributed by atoms with Gasteiger partial charge < -0.3 is 19.1 Å². The van der Waals surface area contributed by atoms with Crippen LogP contribution in [0.1, 0.15) is 56.5 Å². The maximum atomic E-state index is 12.4. The van der Waals surface area contributed by atoms with E-state index in [4.69, 9.17) is 14.2 Å². The first kappa shape index (κ1) is 24.5. The van der Waals surface area contributed by atoms with Gasteiger partial charge in [-0.1, -0.05) is 30.3 Å². The normalized spacial score (nSPS) is 19.5. The van der Waals surface area contributed by atoms with Crippen molar-refractivity contribution in [1.82, 2.24) is 14.8 Å². The molecule has 34 heavy (non-hydrogen) atoms. The summed E-state index contributed by atoms with van der Waals surface area (Å²) in [5.41, 5.74) is 3.03. The van der Waals surface area contributed by atoms with Gasteiger partial charge in [0, 0.05) is 64.3 Å². The number of aromatic nitrogens is 1. The fraction of sp³-hybridized carbons (Fsp3) is 0.556. The minimum Gasteiger partial charge on any atom is -0.490 e. The van der Waals surface area contributed by atoms with Crippen LogP contribution in [0.3, 0.4) is 0 Å². The number of fused-ring (bicyclic) bond motifs is 1. The number of amides is 1. The fourth-order valence-electron chi connectivity index (χ4n) is 4.76. The number of carbonyl (C=O) groups excluding carboxylic acids is 1. The average molecular weight is 468 g/mol. The maximum absolute atomic E-state index is 12.4. The summed E-state index contributed by atoms with van der Waals surface area (Å²) in [5.74, 6) is 0.889. The van der Waals surface area contributed by atoms with Gasteiger partial charge in [-0.05, 0) is 32.4 Å². The molecule has 1 aromatic heterocycles. The smallest absolute Gasteiger partial charge is 0.410 e. The lowest BCUT2D eigenvalue weighted by Crippen LogP contribution is -2.44. The van der Waals surface area contributed by atoms with Gasteiger partial charge >= 0.3 is 6.09 Å². The van der Waals surface area contributed by atoms with Crippen LogP contribution in [0.2, 0.25) is 0 Å². The molecular formula is C27H37N3O4. The lowest BCUT2D eigenvalue weighted by Gasteiger charge is -2.38. The predicted octanol–water partition coefficient (Wildman–Crippen LogP) is 4.61. The molecule has 7 heteroatoms. The fourth-order valence-corrected chi connectivity index (χ4v) is 4.76. The summed E-state index contributed by atoms with van der Waals surface area (Å²) in [4.78, 5) is 21.3. The summed E-state index contributed by atoms with van der Waals surface area (Å²) in [7, 11) is 1.75. The second kappa shape index (κ2) is 10.7. The van der Waals surface area contributed by atoms with E-state index in [1.165, 1.54) is 5.56 Å². The Balaban J connectivity index is 1.46. The van der Waals surface area contributed by atoms with Crippen LogP contribution < -0.4 is 4.74 Å². The first-order valence-electron chi connectivity index (χ1n) is 12.2. The zero-order chi connectivity index (χ0) is 24.1. The van der Waals surface area contributed by atoms with Gasteiger partial charge in [0.1, 0.15) is 17.5 Å². The van der Waals surface area contributed by atoms with Crippen molar-refractivity contribution >= 4 is 6.09 Å². The van der Waals surface area contributed by atoms with Crippen LogP contribution in [0.5, 0.6) is 5.75 Å². The highest BCUT2D eigenvalue weighted by atomic mass is 16.6. The number of methoxy groups -OCH3 is 1. The number of hydrogen-bond donors (Lipinski definition) is 0. The number of pyridine rings is 1. The lowest BCUT2D eigenvalue weighted by atomic mass is 9.95. The second-order valence-corrected chi connectivity index (χ2v) is 10.1. The minimum absolute atomic E-state index is 0.0536. The van der Waals surface area contributed by atoms with E-state index < -0.39 is 5.60 Å². The van der Waals surface area contributed by atoms with Crippen molar-refractivity contribution < 1.29 is 19.0 Å². The molecule has 7 nitrogen and oxygen atoms in total. The molecular weight excluding hydrogens is 430 g/mol. The van der Waals surface area contributed by atoms with E-state index >= 15 is 0 Å². The molecule has 2 aliphatic heterocycles. The molecule has 0 saturated carbocycles. The Kier molecular flexibility index (Phi) is 7.73. The molecule has 3 heterocycles. The van der Waals surface area contributed by atoms with Crippen molar-refractivity contribution in [2.24, 2.45) is 0 Å². The van der Waals surface area contributed by atoms with Gasteiger partial charge in [-0.2, -0.15) is 0 Å². The Labute approximate surface area is 203 Å². The van der Waals surface area contributed by atoms with Crippen molar-refractivity contribution in [2.75, 3.05) is 33.4 Å². The summed E-state index contributed by atoms with van der Waals surface area (Å²) in [6.07, 6.45) is 4.09. The molecule has 0 spiro atoms. The summed E-state index contributed by atoms with van der Waals surface area (Å²) in [6.45, 7) is 9.32. The van der Waals surface area contributed by atoms with E-state index in [-0.39, 0.29) is 18.2 Å². The first-order valence-corrected chi connectivity index (χ1v) is 12.2. The third-order valence-electron chi connectivity index (χ3n) is 6.38. The largest absolute Gasteiger partial charge is 0.490 e. The number of nitrogens with zero attached hydrogens (tertiary/aromatic N) is 3. The Hall–Kier alpha value is -2.64. The number of ether oxygens (including phenoxy) is 3. The lowest BCUT2D eigenvalue weighted by molar-refractivity contribution is 0.0121. The molecule has 0 radical (unpaired) electrons. The third kappa shape index (κ3) is 6.07. The Morgan fingerprint density at radius 1 is 1.09 bits per heavy atom. The Morgan fingerprint density at radius 2 is 1.82 bits per heavy atom. The Morgan fingerprint density at radius 3 is 2.50 bits per heavy atom. The van der Waals surface area contributed by atoms with E-state index in [0.717, 1.165) is 49.4 Å². The van der Waals surface area contributed by atoms with Gasteiger partial charge in [-0.3, -0.25) is 9.88 Å². The van der Waals surface area contributed by atoms with Gasteiger partial charge in [-0.25, -0.2) is 4.79 Å². The van der Waals surface area contributed by atoms with Crippen molar-refractivity contribution in [1.29, 1.82) is 0 Å². The second-order valence-electron chi connectivity index (χ2n) is 10.1. The molecule has 1 aromatic carbocycles. The van der Waals surface area contributed by atoms with E-state index in [9.17, 15) is 4.79 Å². The maximum Gasteiger partial charge on any atom is 0.410 e. The molecule has 4 rings (SSSR count). The Bertz CT molecular complexity index is 952. The number of likely N-dealkylation sites (tertiary alicyclic amines) is 1. The summed E-state index contributed by atoms with van der Waals surface area (Å²) < 4.78 is 17.7. The summed E-state index contributed by atoms with van der Waals surface area (Å²) in [5, 5.41) is 0. The monoisotopic (exact) mass is 467 g/mol. The topological polar surface area (TPSA) is 64.1 Å². The van der Waals surface area contributed by atoms with Gasteiger partial charge in [0.2, 0.25) is 0 Å². The van der Waals surface area contributed by atoms with Gasteiger partial charge in [-0.15, -0.1) is 0 Å². The van der Waals surface area contributed by atoms with Crippen molar-refractivity contribution in [3.8, 4) is 5.75 Å². The van der Waals surface area contributed by atoms with Gasteiger partial charge in [0.15, 0.2) is 0 Å². The minimum atomic E-state index is -0.484. The number of hydrogen-bond acceptors (Lipinski definition) is 6. The van der Waals surface area contributed by atoms with Crippen LogP contribution in [0, 0.1) is 0 Å². The van der Waals surface area contributed by atoms with E-state index in [1.54, 1.807) is 12.0 Å². The van der Waals surface area contributed by atoms with Crippen LogP contribution in [-0.4, -0.2) is 65.9 Å². The van der Waals surface area contributed by atoms with Crippen LogP contribution >= 0.6 is 0 Å². The molecule has 1 atom stereocenters. The molecule has 2 aromatic rings.